The second-order valence-corrected chi connectivity index (χ2v) is 2.50. The molecule has 0 aliphatic rings. The molecular formula is C8H5F3N2O. The molecule has 1 heterocycles. The summed E-state index contributed by atoms with van der Waals surface area (Å²) in [6.45, 7) is 0. The van der Waals surface area contributed by atoms with Gasteiger partial charge in [0.05, 0.1) is 18.2 Å². The SMILES string of the molecule is N#CCc1ccc(O)c(C(F)(F)F)n1. The summed E-state index contributed by atoms with van der Waals surface area (Å²) in [7, 11) is 0. The van der Waals surface area contributed by atoms with E-state index >= 15 is 0 Å². The van der Waals surface area contributed by atoms with Crippen LogP contribution in [0, 0.1) is 11.3 Å². The summed E-state index contributed by atoms with van der Waals surface area (Å²) in [5.41, 5.74) is -1.37. The molecule has 0 aliphatic carbocycles. The smallest absolute Gasteiger partial charge is 0.437 e. The van der Waals surface area contributed by atoms with Crippen molar-refractivity contribution in [2.24, 2.45) is 0 Å². The van der Waals surface area contributed by atoms with Gasteiger partial charge in [0.15, 0.2) is 5.69 Å². The fraction of sp³-hybridized carbons (Fsp3) is 0.250. The van der Waals surface area contributed by atoms with Gasteiger partial charge in [-0.2, -0.15) is 18.4 Å². The van der Waals surface area contributed by atoms with Crippen LogP contribution in [-0.2, 0) is 12.6 Å². The second kappa shape index (κ2) is 3.54. The minimum absolute atomic E-state index is 0.0161. The molecule has 0 aromatic carbocycles. The maximum absolute atomic E-state index is 12.2. The molecule has 1 N–H and O–H groups in total. The van der Waals surface area contributed by atoms with Crippen LogP contribution in [0.15, 0.2) is 12.1 Å². The highest BCUT2D eigenvalue weighted by atomic mass is 19.4. The zero-order valence-electron chi connectivity index (χ0n) is 6.84. The third kappa shape index (κ3) is 2.13. The van der Waals surface area contributed by atoms with Gasteiger partial charge in [-0.15, -0.1) is 0 Å². The Morgan fingerprint density at radius 3 is 2.57 bits per heavy atom. The van der Waals surface area contributed by atoms with E-state index < -0.39 is 17.6 Å². The molecule has 0 radical (unpaired) electrons. The Kier molecular flexibility index (Phi) is 2.60. The van der Waals surface area contributed by atoms with Crippen molar-refractivity contribution in [3.05, 3.63) is 23.5 Å². The molecule has 6 heteroatoms. The molecule has 1 aromatic heterocycles. The van der Waals surface area contributed by atoms with Gasteiger partial charge in [-0.05, 0) is 12.1 Å². The Hall–Kier alpha value is -1.77. The van der Waals surface area contributed by atoms with Crippen molar-refractivity contribution in [2.75, 3.05) is 0 Å². The predicted octanol–water partition coefficient (Wildman–Crippen LogP) is 1.87. The Balaban J connectivity index is 3.17. The molecule has 0 unspecified atom stereocenters. The van der Waals surface area contributed by atoms with Crippen molar-refractivity contribution < 1.29 is 18.3 Å². The molecule has 0 aliphatic heterocycles. The van der Waals surface area contributed by atoms with Gasteiger partial charge in [-0.25, -0.2) is 4.98 Å². The molecule has 3 nitrogen and oxygen atoms in total. The van der Waals surface area contributed by atoms with Crippen LogP contribution in [0.4, 0.5) is 13.2 Å². The Labute approximate surface area is 77.4 Å². The standard InChI is InChI=1S/C8H5F3N2O/c9-8(10,11)7-6(14)2-1-5(13-7)3-4-12/h1-2,14H,3H2. The minimum Gasteiger partial charge on any atom is -0.506 e. The fourth-order valence-corrected chi connectivity index (χ4v) is 0.880. The zero-order valence-corrected chi connectivity index (χ0v) is 6.84. The van der Waals surface area contributed by atoms with Crippen LogP contribution in [0.25, 0.3) is 0 Å². The van der Waals surface area contributed by atoms with E-state index in [1.807, 2.05) is 0 Å². The highest BCUT2D eigenvalue weighted by molar-refractivity contribution is 5.30. The molecular weight excluding hydrogens is 197 g/mol. The average Bonchev–Trinajstić information content (AvgIpc) is 2.07. The number of halogens is 3. The number of nitrogens with zero attached hydrogens (tertiary/aromatic N) is 2. The summed E-state index contributed by atoms with van der Waals surface area (Å²) in [5.74, 6) is -0.931. The number of aromatic nitrogens is 1. The lowest BCUT2D eigenvalue weighted by molar-refractivity contribution is -0.142. The first-order chi connectivity index (χ1) is 6.45. The van der Waals surface area contributed by atoms with E-state index in [0.29, 0.717) is 0 Å². The van der Waals surface area contributed by atoms with Gasteiger partial charge in [0, 0.05) is 0 Å². The van der Waals surface area contributed by atoms with Gasteiger partial charge in [0.1, 0.15) is 5.75 Å². The van der Waals surface area contributed by atoms with E-state index in [2.05, 4.69) is 4.98 Å². The molecule has 14 heavy (non-hydrogen) atoms. The third-order valence-electron chi connectivity index (χ3n) is 1.46. The molecule has 1 rings (SSSR count). The van der Waals surface area contributed by atoms with Crippen LogP contribution in [0.5, 0.6) is 5.75 Å². The molecule has 74 valence electrons. The maximum atomic E-state index is 12.2. The molecule has 0 atom stereocenters. The Bertz CT molecular complexity index is 381. The first-order valence-corrected chi connectivity index (χ1v) is 3.58. The quantitative estimate of drug-likeness (QED) is 0.756. The van der Waals surface area contributed by atoms with Crippen molar-refractivity contribution in [1.29, 1.82) is 5.26 Å². The highest BCUT2D eigenvalue weighted by Crippen LogP contribution is 2.33. The third-order valence-corrected chi connectivity index (χ3v) is 1.46. The second-order valence-electron chi connectivity index (χ2n) is 2.50. The summed E-state index contributed by atoms with van der Waals surface area (Å²) in [5, 5.41) is 17.1. The predicted molar refractivity (Wildman–Crippen MR) is 40.2 cm³/mol. The number of alkyl halides is 3. The van der Waals surface area contributed by atoms with Gasteiger partial charge in [0.2, 0.25) is 0 Å². The number of rotatable bonds is 1. The average molecular weight is 202 g/mol. The molecule has 0 fully saturated rings. The summed E-state index contributed by atoms with van der Waals surface area (Å²) < 4.78 is 36.5. The first-order valence-electron chi connectivity index (χ1n) is 3.58. The lowest BCUT2D eigenvalue weighted by Crippen LogP contribution is -2.09. The molecule has 0 saturated carbocycles. The van der Waals surface area contributed by atoms with Crippen LogP contribution in [0.3, 0.4) is 0 Å². The number of hydrogen-bond acceptors (Lipinski definition) is 3. The summed E-state index contributed by atoms with van der Waals surface area (Å²) in [6.07, 6.45) is -4.92. The lowest BCUT2D eigenvalue weighted by atomic mass is 10.2. The summed E-state index contributed by atoms with van der Waals surface area (Å²) in [6, 6.07) is 3.72. The number of pyridine rings is 1. The van der Waals surface area contributed by atoms with Gasteiger partial charge in [-0.3, -0.25) is 0 Å². The number of hydrogen-bond donors (Lipinski definition) is 1. The number of nitriles is 1. The van der Waals surface area contributed by atoms with Crippen molar-refractivity contribution in [2.45, 2.75) is 12.6 Å². The minimum atomic E-state index is -4.70. The van der Waals surface area contributed by atoms with Gasteiger partial charge < -0.3 is 5.11 Å². The van der Waals surface area contributed by atoms with E-state index in [9.17, 15) is 13.2 Å². The Morgan fingerprint density at radius 2 is 2.07 bits per heavy atom. The van der Waals surface area contributed by atoms with Gasteiger partial charge >= 0.3 is 6.18 Å². The molecule has 0 saturated heterocycles. The molecule has 1 aromatic rings. The highest BCUT2D eigenvalue weighted by Gasteiger charge is 2.36. The van der Waals surface area contributed by atoms with Crippen molar-refractivity contribution >= 4 is 0 Å². The van der Waals surface area contributed by atoms with Gasteiger partial charge in [-0.1, -0.05) is 0 Å². The van der Waals surface area contributed by atoms with Crippen LogP contribution in [0.1, 0.15) is 11.4 Å². The van der Waals surface area contributed by atoms with Crippen LogP contribution in [-0.4, -0.2) is 10.1 Å². The van der Waals surface area contributed by atoms with Gasteiger partial charge in [0.25, 0.3) is 0 Å². The Morgan fingerprint density at radius 1 is 1.43 bits per heavy atom. The zero-order chi connectivity index (χ0) is 10.8. The normalized spacial score (nSPS) is 11.0. The summed E-state index contributed by atoms with van der Waals surface area (Å²) in [4.78, 5) is 3.14. The van der Waals surface area contributed by atoms with E-state index in [1.165, 1.54) is 6.07 Å². The van der Waals surface area contributed by atoms with Crippen molar-refractivity contribution in [3.8, 4) is 11.8 Å². The molecule has 0 spiro atoms. The molecule has 0 amide bonds. The van der Waals surface area contributed by atoms with E-state index in [-0.39, 0.29) is 12.1 Å². The monoisotopic (exact) mass is 202 g/mol. The summed E-state index contributed by atoms with van der Waals surface area (Å²) >= 11 is 0. The topological polar surface area (TPSA) is 56.9 Å². The van der Waals surface area contributed by atoms with Crippen molar-refractivity contribution in [1.82, 2.24) is 4.98 Å². The van der Waals surface area contributed by atoms with E-state index in [0.717, 1.165) is 6.07 Å². The van der Waals surface area contributed by atoms with Crippen LogP contribution >= 0.6 is 0 Å². The largest absolute Gasteiger partial charge is 0.506 e. The lowest BCUT2D eigenvalue weighted by Gasteiger charge is -2.08. The molecule has 0 bridgehead atoms. The maximum Gasteiger partial charge on any atom is 0.437 e. The van der Waals surface area contributed by atoms with Crippen LogP contribution < -0.4 is 0 Å². The first kappa shape index (κ1) is 10.3. The van der Waals surface area contributed by atoms with Crippen molar-refractivity contribution in [3.63, 3.8) is 0 Å². The fourth-order valence-electron chi connectivity index (χ4n) is 0.880. The van der Waals surface area contributed by atoms with E-state index in [4.69, 9.17) is 10.4 Å². The van der Waals surface area contributed by atoms with Crippen LogP contribution in [0.2, 0.25) is 0 Å². The number of aromatic hydroxyl groups is 1. The van der Waals surface area contributed by atoms with E-state index in [1.54, 1.807) is 6.07 Å².